The average Bonchev–Trinajstić information content (AvgIpc) is 2.69. The van der Waals surface area contributed by atoms with Gasteiger partial charge in [-0.15, -0.1) is 0 Å². The maximum atomic E-state index is 10.1. The Labute approximate surface area is 120 Å². The summed E-state index contributed by atoms with van der Waals surface area (Å²) in [6.07, 6.45) is 5.50. The van der Waals surface area contributed by atoms with E-state index in [4.69, 9.17) is 0 Å². The van der Waals surface area contributed by atoms with Crippen LogP contribution in [-0.2, 0) is 6.54 Å². The van der Waals surface area contributed by atoms with E-state index in [9.17, 15) is 5.11 Å². The summed E-state index contributed by atoms with van der Waals surface area (Å²) in [7, 11) is 0. The van der Waals surface area contributed by atoms with Gasteiger partial charge in [0, 0.05) is 12.6 Å². The zero-order valence-electron chi connectivity index (χ0n) is 11.9. The van der Waals surface area contributed by atoms with Gasteiger partial charge in [0.25, 0.3) is 0 Å². The number of hydrogen-bond acceptors (Lipinski definition) is 2. The Balaban J connectivity index is 1.66. The molecule has 0 heterocycles. The van der Waals surface area contributed by atoms with E-state index in [1.165, 1.54) is 29.2 Å². The number of benzene rings is 2. The Hall–Kier alpha value is -1.38. The molecule has 2 aromatic rings. The number of nitrogens with one attached hydrogen (secondary N) is 1. The van der Waals surface area contributed by atoms with Gasteiger partial charge in [0.2, 0.25) is 0 Å². The van der Waals surface area contributed by atoms with Gasteiger partial charge in [-0.25, -0.2) is 0 Å². The summed E-state index contributed by atoms with van der Waals surface area (Å²) in [4.78, 5) is 0. The molecule has 2 aromatic carbocycles. The molecule has 1 aliphatic carbocycles. The topological polar surface area (TPSA) is 32.3 Å². The maximum Gasteiger partial charge on any atom is 0.0693 e. The molecule has 0 spiro atoms. The molecule has 20 heavy (non-hydrogen) atoms. The minimum absolute atomic E-state index is 0.182. The molecule has 0 amide bonds. The van der Waals surface area contributed by atoms with E-state index in [1.807, 2.05) is 0 Å². The van der Waals surface area contributed by atoms with Crippen LogP contribution in [0.2, 0.25) is 0 Å². The molecule has 2 N–H and O–H groups in total. The fourth-order valence-corrected chi connectivity index (χ4v) is 3.12. The van der Waals surface area contributed by atoms with Crippen molar-refractivity contribution in [1.29, 1.82) is 0 Å². The van der Waals surface area contributed by atoms with E-state index in [2.05, 4.69) is 47.8 Å². The molecular weight excluding hydrogens is 246 g/mol. The lowest BCUT2D eigenvalue weighted by Crippen LogP contribution is -2.38. The zero-order chi connectivity index (χ0) is 13.8. The molecule has 3 rings (SSSR count). The van der Waals surface area contributed by atoms with Gasteiger partial charge in [-0.05, 0) is 35.2 Å². The van der Waals surface area contributed by atoms with E-state index >= 15 is 0 Å². The van der Waals surface area contributed by atoms with Crippen molar-refractivity contribution in [2.45, 2.75) is 50.8 Å². The molecule has 2 heteroatoms. The first-order chi connectivity index (χ1) is 9.83. The highest BCUT2D eigenvalue weighted by Gasteiger charge is 2.20. The summed E-state index contributed by atoms with van der Waals surface area (Å²) in [5, 5.41) is 16.2. The van der Waals surface area contributed by atoms with Gasteiger partial charge in [-0.2, -0.15) is 0 Å². The first kappa shape index (κ1) is 13.6. The molecular formula is C18H23NO. The van der Waals surface area contributed by atoms with Gasteiger partial charge in [-0.3, -0.25) is 0 Å². The normalized spacial score (nSPS) is 23.6. The highest BCUT2D eigenvalue weighted by atomic mass is 16.3. The first-order valence-electron chi connectivity index (χ1n) is 7.72. The minimum atomic E-state index is -0.182. The first-order valence-corrected chi connectivity index (χ1v) is 7.72. The van der Waals surface area contributed by atoms with Crippen LogP contribution in [0.3, 0.4) is 0 Å². The quantitative estimate of drug-likeness (QED) is 0.834. The largest absolute Gasteiger partial charge is 0.392 e. The van der Waals surface area contributed by atoms with Gasteiger partial charge in [0.05, 0.1) is 6.10 Å². The molecule has 2 atom stereocenters. The van der Waals surface area contributed by atoms with Crippen molar-refractivity contribution in [2.24, 2.45) is 0 Å². The van der Waals surface area contributed by atoms with E-state index < -0.39 is 0 Å². The Morgan fingerprint density at radius 1 is 0.950 bits per heavy atom. The zero-order valence-corrected chi connectivity index (χ0v) is 11.9. The van der Waals surface area contributed by atoms with Crippen molar-refractivity contribution < 1.29 is 5.11 Å². The van der Waals surface area contributed by atoms with Gasteiger partial charge in [0.15, 0.2) is 0 Å². The molecule has 0 saturated heterocycles. The highest BCUT2D eigenvalue weighted by molar-refractivity contribution is 5.82. The summed E-state index contributed by atoms with van der Waals surface area (Å²) in [5.74, 6) is 0. The van der Waals surface area contributed by atoms with E-state index in [-0.39, 0.29) is 12.1 Å². The lowest BCUT2D eigenvalue weighted by molar-refractivity contribution is 0.119. The van der Waals surface area contributed by atoms with Gasteiger partial charge in [0.1, 0.15) is 0 Å². The maximum absolute atomic E-state index is 10.1. The van der Waals surface area contributed by atoms with Gasteiger partial charge >= 0.3 is 0 Å². The standard InChI is InChI=1S/C18H23NO/c20-18-9-3-1-2-8-17(18)19-13-14-10-11-15-6-4-5-7-16(15)12-14/h4-7,10-12,17-20H,1-3,8-9,13H2. The van der Waals surface area contributed by atoms with Crippen molar-refractivity contribution in [3.8, 4) is 0 Å². The number of hydrogen-bond donors (Lipinski definition) is 2. The summed E-state index contributed by atoms with van der Waals surface area (Å²) >= 11 is 0. The molecule has 106 valence electrons. The monoisotopic (exact) mass is 269 g/mol. The molecule has 2 unspecified atom stereocenters. The molecule has 0 radical (unpaired) electrons. The summed E-state index contributed by atoms with van der Waals surface area (Å²) in [6.45, 7) is 0.840. The van der Waals surface area contributed by atoms with Gasteiger partial charge in [-0.1, -0.05) is 55.7 Å². The molecule has 0 aromatic heterocycles. The smallest absolute Gasteiger partial charge is 0.0693 e. The molecule has 0 aliphatic heterocycles. The van der Waals surface area contributed by atoms with Crippen LogP contribution in [0.5, 0.6) is 0 Å². The Kier molecular flexibility index (Phi) is 4.34. The van der Waals surface area contributed by atoms with Crippen molar-refractivity contribution in [3.05, 3.63) is 48.0 Å². The van der Waals surface area contributed by atoms with Crippen LogP contribution in [0.25, 0.3) is 10.8 Å². The number of aliphatic hydroxyl groups is 1. The number of fused-ring (bicyclic) bond motifs is 1. The highest BCUT2D eigenvalue weighted by Crippen LogP contribution is 2.19. The van der Waals surface area contributed by atoms with Crippen molar-refractivity contribution in [3.63, 3.8) is 0 Å². The SMILES string of the molecule is OC1CCCCCC1NCc1ccc2ccccc2c1. The third-order valence-electron chi connectivity index (χ3n) is 4.36. The van der Waals surface area contributed by atoms with Crippen molar-refractivity contribution in [2.75, 3.05) is 0 Å². The summed E-state index contributed by atoms with van der Waals surface area (Å²) in [5.41, 5.74) is 1.29. The van der Waals surface area contributed by atoms with E-state index in [0.29, 0.717) is 0 Å². The number of rotatable bonds is 3. The summed E-state index contributed by atoms with van der Waals surface area (Å²) in [6, 6.07) is 15.3. The summed E-state index contributed by atoms with van der Waals surface area (Å²) < 4.78 is 0. The number of aliphatic hydroxyl groups excluding tert-OH is 1. The van der Waals surface area contributed by atoms with E-state index in [1.54, 1.807) is 0 Å². The van der Waals surface area contributed by atoms with Crippen LogP contribution in [0.1, 0.15) is 37.7 Å². The minimum Gasteiger partial charge on any atom is -0.392 e. The predicted octanol–water partition coefficient (Wildman–Crippen LogP) is 3.62. The van der Waals surface area contributed by atoms with Crippen LogP contribution in [0.15, 0.2) is 42.5 Å². The Morgan fingerprint density at radius 2 is 1.75 bits per heavy atom. The molecule has 1 saturated carbocycles. The van der Waals surface area contributed by atoms with Crippen LogP contribution >= 0.6 is 0 Å². The van der Waals surface area contributed by atoms with Crippen LogP contribution < -0.4 is 5.32 Å². The molecule has 2 nitrogen and oxygen atoms in total. The third kappa shape index (κ3) is 3.20. The van der Waals surface area contributed by atoms with Crippen molar-refractivity contribution >= 4 is 10.8 Å². The van der Waals surface area contributed by atoms with Crippen LogP contribution in [0.4, 0.5) is 0 Å². The van der Waals surface area contributed by atoms with Crippen LogP contribution in [0, 0.1) is 0 Å². The Bertz CT molecular complexity index is 566. The predicted molar refractivity (Wildman–Crippen MR) is 83.7 cm³/mol. The molecule has 1 aliphatic rings. The lowest BCUT2D eigenvalue weighted by atomic mass is 10.0. The van der Waals surface area contributed by atoms with Gasteiger partial charge < -0.3 is 10.4 Å². The second-order valence-corrected chi connectivity index (χ2v) is 5.87. The van der Waals surface area contributed by atoms with E-state index in [0.717, 1.165) is 25.8 Å². The Morgan fingerprint density at radius 3 is 2.65 bits per heavy atom. The fraction of sp³-hybridized carbons (Fsp3) is 0.444. The second kappa shape index (κ2) is 6.38. The lowest BCUT2D eigenvalue weighted by Gasteiger charge is -2.22. The molecule has 0 bridgehead atoms. The third-order valence-corrected chi connectivity index (χ3v) is 4.36. The molecule has 1 fully saturated rings. The fourth-order valence-electron chi connectivity index (χ4n) is 3.12. The van der Waals surface area contributed by atoms with Crippen molar-refractivity contribution in [1.82, 2.24) is 5.32 Å². The van der Waals surface area contributed by atoms with Crippen LogP contribution in [-0.4, -0.2) is 17.3 Å². The second-order valence-electron chi connectivity index (χ2n) is 5.87. The average molecular weight is 269 g/mol.